The molecule has 0 N–H and O–H groups in total. The van der Waals surface area contributed by atoms with Crippen molar-refractivity contribution in [1.82, 2.24) is 0 Å². The summed E-state index contributed by atoms with van der Waals surface area (Å²) in [5.41, 5.74) is 0. The minimum Gasteiger partial charge on any atom is -0.375 e. The summed E-state index contributed by atoms with van der Waals surface area (Å²) in [4.78, 5) is 0. The van der Waals surface area contributed by atoms with Crippen LogP contribution in [0.4, 0.5) is 0 Å². The van der Waals surface area contributed by atoms with E-state index in [1.165, 1.54) is 193 Å². The van der Waals surface area contributed by atoms with Gasteiger partial charge in [0.2, 0.25) is 0 Å². The predicted molar refractivity (Wildman–Crippen MR) is 170 cm³/mol. The number of rotatable bonds is 32. The molecular weight excluding hydrogens is 448 g/mol. The van der Waals surface area contributed by atoms with Crippen molar-refractivity contribution >= 4 is 0 Å². The molecule has 0 fully saturated rings. The first kappa shape index (κ1) is 37.0. The van der Waals surface area contributed by atoms with Crippen molar-refractivity contribution in [3.8, 4) is 0 Å². The van der Waals surface area contributed by atoms with Crippen LogP contribution in [-0.2, 0) is 4.74 Å². The third-order valence-electron chi connectivity index (χ3n) is 8.40. The monoisotopic (exact) mass is 523 g/mol. The molecular formula is C36H74O. The van der Waals surface area contributed by atoms with Crippen molar-refractivity contribution in [2.45, 2.75) is 233 Å². The lowest BCUT2D eigenvalue weighted by Crippen LogP contribution is -2.23. The molecule has 0 rings (SSSR count). The molecule has 0 aromatic heterocycles. The third-order valence-corrected chi connectivity index (χ3v) is 8.40. The normalized spacial score (nSPS) is 13.3. The molecule has 0 aliphatic carbocycles. The molecule has 0 spiro atoms. The molecule has 0 aromatic carbocycles. The average molecular weight is 523 g/mol. The van der Waals surface area contributed by atoms with E-state index in [2.05, 4.69) is 27.7 Å². The van der Waals surface area contributed by atoms with Crippen LogP contribution in [0.1, 0.15) is 220 Å². The van der Waals surface area contributed by atoms with Gasteiger partial charge in [-0.15, -0.1) is 0 Å². The summed E-state index contributed by atoms with van der Waals surface area (Å²) in [5, 5.41) is 0. The van der Waals surface area contributed by atoms with Crippen LogP contribution >= 0.6 is 0 Å². The molecule has 0 aromatic rings. The van der Waals surface area contributed by atoms with Gasteiger partial charge < -0.3 is 4.74 Å². The summed E-state index contributed by atoms with van der Waals surface area (Å²) < 4.78 is 7.00. The average Bonchev–Trinajstić information content (AvgIpc) is 2.91. The Balaban J connectivity index is 4.60. The van der Waals surface area contributed by atoms with Gasteiger partial charge in [0.05, 0.1) is 12.2 Å². The fraction of sp³-hybridized carbons (Fsp3) is 1.00. The summed E-state index contributed by atoms with van der Waals surface area (Å²) >= 11 is 0. The lowest BCUT2D eigenvalue weighted by molar-refractivity contribution is -0.0324. The van der Waals surface area contributed by atoms with Crippen molar-refractivity contribution < 1.29 is 4.74 Å². The van der Waals surface area contributed by atoms with Gasteiger partial charge in [-0.2, -0.15) is 0 Å². The zero-order valence-corrected chi connectivity index (χ0v) is 26.8. The quantitative estimate of drug-likeness (QED) is 0.0798. The Morgan fingerprint density at radius 3 is 0.676 bits per heavy atom. The van der Waals surface area contributed by atoms with Crippen molar-refractivity contribution in [1.29, 1.82) is 0 Å². The van der Waals surface area contributed by atoms with E-state index in [9.17, 15) is 0 Å². The second kappa shape index (κ2) is 32.2. The largest absolute Gasteiger partial charge is 0.375 e. The van der Waals surface area contributed by atoms with Gasteiger partial charge in [-0.1, -0.05) is 195 Å². The number of ether oxygens (including phenoxy) is 1. The standard InChI is InChI=1S/C36H74O/c1-5-9-13-17-21-25-29-33-35(31-27-23-19-15-11-7-3)37-36(32-28-24-20-16-12-8-4)34-30-26-22-18-14-10-6-2/h35-36H,5-34H2,1-4H3. The van der Waals surface area contributed by atoms with E-state index >= 15 is 0 Å². The Bertz CT molecular complexity index is 356. The highest BCUT2D eigenvalue weighted by Gasteiger charge is 2.17. The smallest absolute Gasteiger partial charge is 0.0578 e. The first-order valence-electron chi connectivity index (χ1n) is 17.9. The van der Waals surface area contributed by atoms with E-state index in [0.29, 0.717) is 12.2 Å². The van der Waals surface area contributed by atoms with Gasteiger partial charge in [-0.25, -0.2) is 0 Å². The van der Waals surface area contributed by atoms with Crippen LogP contribution in [0, 0.1) is 0 Å². The summed E-state index contributed by atoms with van der Waals surface area (Å²) in [7, 11) is 0. The molecule has 0 aliphatic heterocycles. The van der Waals surface area contributed by atoms with E-state index in [0.717, 1.165) is 0 Å². The second-order valence-corrected chi connectivity index (χ2v) is 12.3. The molecule has 1 heteroatoms. The second-order valence-electron chi connectivity index (χ2n) is 12.3. The molecule has 224 valence electrons. The van der Waals surface area contributed by atoms with Gasteiger partial charge in [-0.3, -0.25) is 0 Å². The number of hydrogen-bond acceptors (Lipinski definition) is 1. The van der Waals surface area contributed by atoms with E-state index in [4.69, 9.17) is 4.74 Å². The molecule has 0 bridgehead atoms. The van der Waals surface area contributed by atoms with Crippen LogP contribution in [-0.4, -0.2) is 12.2 Å². The first-order valence-corrected chi connectivity index (χ1v) is 17.9. The van der Waals surface area contributed by atoms with Gasteiger partial charge in [0.25, 0.3) is 0 Å². The molecule has 0 saturated carbocycles. The molecule has 1 nitrogen and oxygen atoms in total. The Hall–Kier alpha value is -0.0400. The molecule has 0 amide bonds. The summed E-state index contributed by atoms with van der Waals surface area (Å²) in [6.07, 6.45) is 42.9. The first-order chi connectivity index (χ1) is 18.3. The molecule has 0 radical (unpaired) electrons. The Morgan fingerprint density at radius 2 is 0.459 bits per heavy atom. The minimum atomic E-state index is 0.525. The predicted octanol–water partition coefficient (Wildman–Crippen LogP) is 13.5. The van der Waals surface area contributed by atoms with Crippen molar-refractivity contribution in [2.24, 2.45) is 0 Å². The van der Waals surface area contributed by atoms with Gasteiger partial charge in [0.15, 0.2) is 0 Å². The summed E-state index contributed by atoms with van der Waals surface area (Å²) in [6, 6.07) is 0. The topological polar surface area (TPSA) is 9.23 Å². The van der Waals surface area contributed by atoms with Crippen LogP contribution in [0.15, 0.2) is 0 Å². The highest BCUT2D eigenvalue weighted by molar-refractivity contribution is 4.67. The number of hydrogen-bond donors (Lipinski definition) is 0. The van der Waals surface area contributed by atoms with Gasteiger partial charge in [0.1, 0.15) is 0 Å². The Kier molecular flexibility index (Phi) is 32.1. The minimum absolute atomic E-state index is 0.525. The maximum absolute atomic E-state index is 7.00. The van der Waals surface area contributed by atoms with E-state index in [1.807, 2.05) is 0 Å². The molecule has 0 heterocycles. The summed E-state index contributed by atoms with van der Waals surface area (Å²) in [6.45, 7) is 9.28. The maximum atomic E-state index is 7.00. The van der Waals surface area contributed by atoms with Crippen molar-refractivity contribution in [3.05, 3.63) is 0 Å². The zero-order chi connectivity index (χ0) is 27.1. The van der Waals surface area contributed by atoms with Gasteiger partial charge in [-0.05, 0) is 25.7 Å². The summed E-state index contributed by atoms with van der Waals surface area (Å²) in [5.74, 6) is 0. The molecule has 2 atom stereocenters. The lowest BCUT2D eigenvalue weighted by atomic mass is 9.99. The van der Waals surface area contributed by atoms with Crippen LogP contribution in [0.3, 0.4) is 0 Å². The van der Waals surface area contributed by atoms with Crippen LogP contribution in [0.5, 0.6) is 0 Å². The fourth-order valence-electron chi connectivity index (χ4n) is 5.80. The Morgan fingerprint density at radius 1 is 0.270 bits per heavy atom. The maximum Gasteiger partial charge on any atom is 0.0578 e. The van der Waals surface area contributed by atoms with E-state index in [-0.39, 0.29) is 0 Å². The van der Waals surface area contributed by atoms with Crippen molar-refractivity contribution in [2.75, 3.05) is 0 Å². The van der Waals surface area contributed by atoms with Crippen molar-refractivity contribution in [3.63, 3.8) is 0 Å². The Labute approximate surface area is 237 Å². The zero-order valence-electron chi connectivity index (χ0n) is 26.8. The molecule has 0 aliphatic rings. The number of unbranched alkanes of at least 4 members (excludes halogenated alkanes) is 22. The van der Waals surface area contributed by atoms with Gasteiger partial charge >= 0.3 is 0 Å². The lowest BCUT2D eigenvalue weighted by Gasteiger charge is -2.26. The third kappa shape index (κ3) is 28.8. The highest BCUT2D eigenvalue weighted by Crippen LogP contribution is 2.23. The highest BCUT2D eigenvalue weighted by atomic mass is 16.5. The van der Waals surface area contributed by atoms with E-state index in [1.54, 1.807) is 0 Å². The molecule has 37 heavy (non-hydrogen) atoms. The van der Waals surface area contributed by atoms with Crippen LogP contribution in [0.25, 0.3) is 0 Å². The van der Waals surface area contributed by atoms with E-state index < -0.39 is 0 Å². The van der Waals surface area contributed by atoms with Gasteiger partial charge in [0, 0.05) is 0 Å². The molecule has 0 saturated heterocycles. The van der Waals surface area contributed by atoms with Crippen LogP contribution in [0.2, 0.25) is 0 Å². The van der Waals surface area contributed by atoms with Crippen LogP contribution < -0.4 is 0 Å². The SMILES string of the molecule is CCCCCCCCCC(CCCCCCCC)OC(CCCCCCCC)CCCCCCCCC. The molecule has 2 unspecified atom stereocenters. The fourth-order valence-corrected chi connectivity index (χ4v) is 5.80.